The highest BCUT2D eigenvalue weighted by molar-refractivity contribution is 8.00. The van der Waals surface area contributed by atoms with Gasteiger partial charge in [0.2, 0.25) is 0 Å². The second kappa shape index (κ2) is 5.74. The minimum Gasteiger partial charge on any atom is -0.298 e. The van der Waals surface area contributed by atoms with Crippen molar-refractivity contribution in [1.82, 2.24) is 0 Å². The zero-order valence-corrected chi connectivity index (χ0v) is 10.7. The second-order valence-corrected chi connectivity index (χ2v) is 5.68. The normalized spacial score (nSPS) is 16.6. The van der Waals surface area contributed by atoms with Crippen LogP contribution in [0.25, 0.3) is 0 Å². The Hall–Kier alpha value is -0.470. The lowest BCUT2D eigenvalue weighted by atomic mass is 10.0. The van der Waals surface area contributed by atoms with Gasteiger partial charge >= 0.3 is 0 Å². The highest BCUT2D eigenvalue weighted by atomic mass is 35.5. The number of hydrogen-bond acceptors (Lipinski definition) is 2. The molecule has 0 aliphatic heterocycles. The van der Waals surface area contributed by atoms with Crippen LogP contribution in [0.15, 0.2) is 29.2 Å². The van der Waals surface area contributed by atoms with Gasteiger partial charge in [-0.3, -0.25) is 4.79 Å². The lowest BCUT2D eigenvalue weighted by molar-refractivity contribution is -0.120. The third-order valence-electron chi connectivity index (χ3n) is 3.01. The van der Waals surface area contributed by atoms with Crippen molar-refractivity contribution in [3.63, 3.8) is 0 Å². The smallest absolute Gasteiger partial charge is 0.146 e. The molecule has 86 valence electrons. The zero-order chi connectivity index (χ0) is 11.4. The lowest BCUT2D eigenvalue weighted by Gasteiger charge is -2.07. The molecule has 1 aliphatic carbocycles. The quantitative estimate of drug-likeness (QED) is 0.750. The topological polar surface area (TPSA) is 17.1 Å². The molecule has 0 amide bonds. The molecule has 0 atom stereocenters. The zero-order valence-electron chi connectivity index (χ0n) is 9.12. The molecule has 1 saturated carbocycles. The van der Waals surface area contributed by atoms with E-state index in [1.54, 1.807) is 11.8 Å². The van der Waals surface area contributed by atoms with Crippen molar-refractivity contribution in [2.45, 2.75) is 30.6 Å². The highest BCUT2D eigenvalue weighted by Gasteiger charge is 2.22. The monoisotopic (exact) mass is 254 g/mol. The number of benzene rings is 1. The summed E-state index contributed by atoms with van der Waals surface area (Å²) in [5.74, 6) is 1.35. The van der Waals surface area contributed by atoms with E-state index in [1.807, 2.05) is 24.3 Å². The predicted octanol–water partition coefficient (Wildman–Crippen LogP) is 4.19. The maximum absolute atomic E-state index is 11.8. The van der Waals surface area contributed by atoms with Crippen molar-refractivity contribution >= 4 is 29.1 Å². The van der Waals surface area contributed by atoms with E-state index >= 15 is 0 Å². The molecule has 0 radical (unpaired) electrons. The number of rotatable bonds is 4. The van der Waals surface area contributed by atoms with E-state index in [9.17, 15) is 4.79 Å². The van der Waals surface area contributed by atoms with Gasteiger partial charge in [0, 0.05) is 15.8 Å². The number of thioether (sulfide) groups is 1. The predicted molar refractivity (Wildman–Crippen MR) is 69.1 cm³/mol. The van der Waals surface area contributed by atoms with Crippen molar-refractivity contribution in [2.24, 2.45) is 5.92 Å². The van der Waals surface area contributed by atoms with Crippen LogP contribution in [0.1, 0.15) is 25.7 Å². The van der Waals surface area contributed by atoms with Crippen LogP contribution in [-0.4, -0.2) is 11.5 Å². The van der Waals surface area contributed by atoms with Crippen LogP contribution in [0, 0.1) is 5.92 Å². The molecule has 0 unspecified atom stereocenters. The summed E-state index contributed by atoms with van der Waals surface area (Å²) in [5.41, 5.74) is 0. The number of Topliss-reactive ketones (excluding diaryl/α,β-unsaturated/α-hetero) is 1. The molecule has 0 spiro atoms. The minimum absolute atomic E-state index is 0.333. The van der Waals surface area contributed by atoms with E-state index in [0.717, 1.165) is 22.8 Å². The number of ketones is 1. The third-order valence-corrected chi connectivity index (χ3v) is 4.29. The standard InChI is InChI=1S/C13H15ClOS/c14-11-5-7-12(8-6-11)16-9-13(15)10-3-1-2-4-10/h5-8,10H,1-4,9H2. The van der Waals surface area contributed by atoms with E-state index in [2.05, 4.69) is 0 Å². The van der Waals surface area contributed by atoms with E-state index in [-0.39, 0.29) is 0 Å². The van der Waals surface area contributed by atoms with Crippen LogP contribution in [0.5, 0.6) is 0 Å². The minimum atomic E-state index is 0.333. The maximum Gasteiger partial charge on any atom is 0.146 e. The molecule has 16 heavy (non-hydrogen) atoms. The molecule has 1 aromatic carbocycles. The second-order valence-electron chi connectivity index (χ2n) is 4.19. The maximum atomic E-state index is 11.8. The highest BCUT2D eigenvalue weighted by Crippen LogP contribution is 2.28. The van der Waals surface area contributed by atoms with Gasteiger partial charge in [0.1, 0.15) is 5.78 Å². The number of halogens is 1. The number of hydrogen-bond donors (Lipinski definition) is 0. The Balaban J connectivity index is 1.82. The summed E-state index contributed by atoms with van der Waals surface area (Å²) >= 11 is 7.42. The van der Waals surface area contributed by atoms with Crippen LogP contribution in [0.4, 0.5) is 0 Å². The SMILES string of the molecule is O=C(CSc1ccc(Cl)cc1)C1CCCC1. The molecule has 0 N–H and O–H groups in total. The van der Waals surface area contributed by atoms with E-state index in [4.69, 9.17) is 11.6 Å². The first-order valence-electron chi connectivity index (χ1n) is 5.67. The summed E-state index contributed by atoms with van der Waals surface area (Å²) in [4.78, 5) is 13.0. The van der Waals surface area contributed by atoms with Gasteiger partial charge < -0.3 is 0 Å². The summed E-state index contributed by atoms with van der Waals surface area (Å²) in [6.07, 6.45) is 4.64. The summed E-state index contributed by atoms with van der Waals surface area (Å²) < 4.78 is 0. The van der Waals surface area contributed by atoms with E-state index < -0.39 is 0 Å². The first-order valence-corrected chi connectivity index (χ1v) is 7.03. The van der Waals surface area contributed by atoms with Crippen LogP contribution < -0.4 is 0 Å². The Morgan fingerprint density at radius 2 is 1.88 bits per heavy atom. The Labute approximate surface area is 106 Å². The average molecular weight is 255 g/mol. The van der Waals surface area contributed by atoms with Crippen molar-refractivity contribution in [3.05, 3.63) is 29.3 Å². The third kappa shape index (κ3) is 3.26. The molecule has 2 rings (SSSR count). The molecule has 0 heterocycles. The van der Waals surface area contributed by atoms with Gasteiger partial charge in [-0.05, 0) is 37.1 Å². The van der Waals surface area contributed by atoms with E-state index in [0.29, 0.717) is 17.5 Å². The molecule has 1 nitrogen and oxygen atoms in total. The first kappa shape index (κ1) is 12.0. The average Bonchev–Trinajstić information content (AvgIpc) is 2.81. The first-order chi connectivity index (χ1) is 7.75. The van der Waals surface area contributed by atoms with Crippen LogP contribution >= 0.6 is 23.4 Å². The van der Waals surface area contributed by atoms with Crippen LogP contribution in [-0.2, 0) is 4.79 Å². The molecule has 0 saturated heterocycles. The van der Waals surface area contributed by atoms with Crippen molar-refractivity contribution in [1.29, 1.82) is 0 Å². The Morgan fingerprint density at radius 3 is 2.50 bits per heavy atom. The van der Waals surface area contributed by atoms with Gasteiger partial charge in [0.05, 0.1) is 5.75 Å². The van der Waals surface area contributed by atoms with Gasteiger partial charge in [-0.25, -0.2) is 0 Å². The summed E-state index contributed by atoms with van der Waals surface area (Å²) in [7, 11) is 0. The van der Waals surface area contributed by atoms with Crippen molar-refractivity contribution < 1.29 is 4.79 Å². The lowest BCUT2D eigenvalue weighted by Crippen LogP contribution is -2.12. The molecule has 0 bridgehead atoms. The largest absolute Gasteiger partial charge is 0.298 e. The van der Waals surface area contributed by atoms with Gasteiger partial charge in [0.25, 0.3) is 0 Å². The molecule has 1 aliphatic rings. The molecular weight excluding hydrogens is 240 g/mol. The summed E-state index contributed by atoms with van der Waals surface area (Å²) in [6.45, 7) is 0. The fourth-order valence-electron chi connectivity index (χ4n) is 2.05. The fraction of sp³-hybridized carbons (Fsp3) is 0.462. The Bertz CT molecular complexity index is 355. The molecule has 1 aromatic rings. The molecule has 0 aromatic heterocycles. The van der Waals surface area contributed by atoms with Gasteiger partial charge in [-0.15, -0.1) is 11.8 Å². The van der Waals surface area contributed by atoms with Crippen LogP contribution in [0.2, 0.25) is 5.02 Å². The van der Waals surface area contributed by atoms with Gasteiger partial charge in [0.15, 0.2) is 0 Å². The number of carbonyl (C=O) groups is 1. The molecular formula is C13H15ClOS. The van der Waals surface area contributed by atoms with Gasteiger partial charge in [-0.1, -0.05) is 24.4 Å². The van der Waals surface area contributed by atoms with Crippen LogP contribution in [0.3, 0.4) is 0 Å². The van der Waals surface area contributed by atoms with Crippen molar-refractivity contribution in [3.8, 4) is 0 Å². The van der Waals surface area contributed by atoms with Crippen molar-refractivity contribution in [2.75, 3.05) is 5.75 Å². The van der Waals surface area contributed by atoms with E-state index in [1.165, 1.54) is 12.8 Å². The molecule has 3 heteroatoms. The molecule has 1 fully saturated rings. The number of carbonyl (C=O) groups excluding carboxylic acids is 1. The summed E-state index contributed by atoms with van der Waals surface area (Å²) in [5, 5.41) is 0.742. The Kier molecular flexibility index (Phi) is 4.30. The fourth-order valence-corrected chi connectivity index (χ4v) is 3.05. The van der Waals surface area contributed by atoms with Gasteiger partial charge in [-0.2, -0.15) is 0 Å². The summed E-state index contributed by atoms with van der Waals surface area (Å²) in [6, 6.07) is 7.66. The Morgan fingerprint density at radius 1 is 1.25 bits per heavy atom.